The van der Waals surface area contributed by atoms with E-state index in [0.717, 1.165) is 10.0 Å². The zero-order valence-corrected chi connectivity index (χ0v) is 13.7. The van der Waals surface area contributed by atoms with Crippen molar-refractivity contribution in [2.45, 2.75) is 27.2 Å². The quantitative estimate of drug-likeness (QED) is 0.836. The molecule has 0 aliphatic carbocycles. The fraction of sp³-hybridized carbons (Fsp3) is 0.467. The lowest BCUT2D eigenvalue weighted by Crippen LogP contribution is -2.32. The smallest absolute Gasteiger partial charge is 0.251 e. The third-order valence-corrected chi connectivity index (χ3v) is 3.28. The van der Waals surface area contributed by atoms with Gasteiger partial charge >= 0.3 is 0 Å². The molecule has 2 amide bonds. The summed E-state index contributed by atoms with van der Waals surface area (Å²) in [6.07, 6.45) is 0.297. The van der Waals surface area contributed by atoms with E-state index in [0.29, 0.717) is 31.0 Å². The Labute approximate surface area is 128 Å². The van der Waals surface area contributed by atoms with Crippen LogP contribution in [-0.2, 0) is 4.79 Å². The molecule has 110 valence electrons. The lowest BCUT2D eigenvalue weighted by molar-refractivity contribution is -0.121. The molecule has 1 rings (SSSR count). The normalized spacial score (nSPS) is 10.4. The van der Waals surface area contributed by atoms with Gasteiger partial charge in [-0.2, -0.15) is 0 Å². The second-order valence-electron chi connectivity index (χ2n) is 5.16. The van der Waals surface area contributed by atoms with Crippen LogP contribution in [-0.4, -0.2) is 24.9 Å². The molecule has 2 N–H and O–H groups in total. The van der Waals surface area contributed by atoms with Gasteiger partial charge in [0.2, 0.25) is 5.91 Å². The van der Waals surface area contributed by atoms with E-state index < -0.39 is 0 Å². The minimum absolute atomic E-state index is 0.0371. The van der Waals surface area contributed by atoms with Gasteiger partial charge in [-0.3, -0.25) is 9.59 Å². The molecule has 0 spiro atoms. The molecule has 0 aliphatic rings. The molecule has 0 fully saturated rings. The van der Waals surface area contributed by atoms with Crippen LogP contribution in [0.25, 0.3) is 0 Å². The van der Waals surface area contributed by atoms with Gasteiger partial charge < -0.3 is 10.6 Å². The van der Waals surface area contributed by atoms with E-state index >= 15 is 0 Å². The van der Waals surface area contributed by atoms with Gasteiger partial charge in [-0.05, 0) is 30.5 Å². The number of rotatable bonds is 6. The summed E-state index contributed by atoms with van der Waals surface area (Å²) in [6, 6.07) is 5.56. The fourth-order valence-electron chi connectivity index (χ4n) is 1.63. The number of benzene rings is 1. The van der Waals surface area contributed by atoms with Crippen molar-refractivity contribution < 1.29 is 9.59 Å². The predicted octanol–water partition coefficient (Wildman–Crippen LogP) is 2.65. The van der Waals surface area contributed by atoms with Crippen LogP contribution < -0.4 is 10.6 Å². The Morgan fingerprint density at radius 1 is 1.25 bits per heavy atom. The number of halogens is 1. The third kappa shape index (κ3) is 5.74. The zero-order valence-electron chi connectivity index (χ0n) is 12.1. The maximum Gasteiger partial charge on any atom is 0.251 e. The Morgan fingerprint density at radius 3 is 2.60 bits per heavy atom. The van der Waals surface area contributed by atoms with E-state index in [4.69, 9.17) is 0 Å². The SMILES string of the molecule is Cc1ccc(Br)cc1C(=O)NCCC(=O)NCC(C)C. The first-order valence-corrected chi connectivity index (χ1v) is 7.50. The molecule has 0 atom stereocenters. The Kier molecular flexibility index (Phi) is 6.71. The molecule has 0 radical (unpaired) electrons. The maximum absolute atomic E-state index is 12.0. The van der Waals surface area contributed by atoms with Crippen molar-refractivity contribution in [3.05, 3.63) is 33.8 Å². The lowest BCUT2D eigenvalue weighted by Gasteiger charge is -2.09. The number of aryl methyl sites for hydroxylation is 1. The molecular formula is C15H21BrN2O2. The van der Waals surface area contributed by atoms with Crippen molar-refractivity contribution in [1.82, 2.24) is 10.6 Å². The first kappa shape index (κ1) is 16.7. The van der Waals surface area contributed by atoms with E-state index in [1.165, 1.54) is 0 Å². The molecule has 20 heavy (non-hydrogen) atoms. The standard InChI is InChI=1S/C15H21BrN2O2/c1-10(2)9-18-14(19)6-7-17-15(20)13-8-12(16)5-4-11(13)3/h4-5,8,10H,6-7,9H2,1-3H3,(H,17,20)(H,18,19). The molecule has 0 saturated heterocycles. The average molecular weight is 341 g/mol. The van der Waals surface area contributed by atoms with Gasteiger partial charge in [-0.25, -0.2) is 0 Å². The van der Waals surface area contributed by atoms with Gasteiger partial charge in [0.15, 0.2) is 0 Å². The molecule has 5 heteroatoms. The monoisotopic (exact) mass is 340 g/mol. The Morgan fingerprint density at radius 2 is 1.95 bits per heavy atom. The highest BCUT2D eigenvalue weighted by atomic mass is 79.9. The van der Waals surface area contributed by atoms with Gasteiger partial charge in [0.05, 0.1) is 0 Å². The molecule has 4 nitrogen and oxygen atoms in total. The second kappa shape index (κ2) is 8.04. The van der Waals surface area contributed by atoms with Crippen molar-refractivity contribution in [2.24, 2.45) is 5.92 Å². The van der Waals surface area contributed by atoms with E-state index in [1.807, 2.05) is 32.9 Å². The summed E-state index contributed by atoms with van der Waals surface area (Å²) in [7, 11) is 0. The van der Waals surface area contributed by atoms with Crippen molar-refractivity contribution in [1.29, 1.82) is 0 Å². The van der Waals surface area contributed by atoms with Crippen molar-refractivity contribution in [3.8, 4) is 0 Å². The highest BCUT2D eigenvalue weighted by Crippen LogP contribution is 2.15. The molecule has 0 saturated carbocycles. The van der Waals surface area contributed by atoms with E-state index in [1.54, 1.807) is 6.07 Å². The highest BCUT2D eigenvalue weighted by molar-refractivity contribution is 9.10. The van der Waals surface area contributed by atoms with Crippen LogP contribution in [0.3, 0.4) is 0 Å². The Bertz CT molecular complexity index is 487. The largest absolute Gasteiger partial charge is 0.356 e. The Hall–Kier alpha value is -1.36. The van der Waals surface area contributed by atoms with E-state index in [-0.39, 0.29) is 11.8 Å². The van der Waals surface area contributed by atoms with Crippen LogP contribution in [0, 0.1) is 12.8 Å². The van der Waals surface area contributed by atoms with Gasteiger partial charge in [0.25, 0.3) is 5.91 Å². The molecular weight excluding hydrogens is 320 g/mol. The first-order valence-electron chi connectivity index (χ1n) is 6.71. The topological polar surface area (TPSA) is 58.2 Å². The van der Waals surface area contributed by atoms with Gasteiger partial charge in [0.1, 0.15) is 0 Å². The van der Waals surface area contributed by atoms with Crippen LogP contribution in [0.4, 0.5) is 0 Å². The van der Waals surface area contributed by atoms with Gasteiger partial charge in [-0.15, -0.1) is 0 Å². The van der Waals surface area contributed by atoms with Crippen LogP contribution in [0.1, 0.15) is 36.2 Å². The Balaban J connectivity index is 2.40. The molecule has 0 heterocycles. The summed E-state index contributed by atoms with van der Waals surface area (Å²) in [6.45, 7) is 6.97. The van der Waals surface area contributed by atoms with Gasteiger partial charge in [0, 0.05) is 29.5 Å². The zero-order chi connectivity index (χ0) is 15.1. The molecule has 0 aliphatic heterocycles. The summed E-state index contributed by atoms with van der Waals surface area (Å²) < 4.78 is 0.864. The second-order valence-corrected chi connectivity index (χ2v) is 6.08. The van der Waals surface area contributed by atoms with E-state index in [2.05, 4.69) is 26.6 Å². The summed E-state index contributed by atoms with van der Waals surface area (Å²) in [5.74, 6) is 0.239. The number of nitrogens with one attached hydrogen (secondary N) is 2. The minimum atomic E-state index is -0.152. The summed E-state index contributed by atoms with van der Waals surface area (Å²) >= 11 is 3.35. The van der Waals surface area contributed by atoms with Crippen LogP contribution in [0.15, 0.2) is 22.7 Å². The predicted molar refractivity (Wildman–Crippen MR) is 83.7 cm³/mol. The van der Waals surface area contributed by atoms with Crippen molar-refractivity contribution >= 4 is 27.7 Å². The molecule has 1 aromatic rings. The number of carbonyl (C=O) groups is 2. The number of amides is 2. The van der Waals surface area contributed by atoms with Crippen LogP contribution >= 0.6 is 15.9 Å². The highest BCUT2D eigenvalue weighted by Gasteiger charge is 2.10. The maximum atomic E-state index is 12.0. The third-order valence-electron chi connectivity index (χ3n) is 2.79. The van der Waals surface area contributed by atoms with E-state index in [9.17, 15) is 9.59 Å². The van der Waals surface area contributed by atoms with Crippen molar-refractivity contribution in [3.63, 3.8) is 0 Å². The lowest BCUT2D eigenvalue weighted by atomic mass is 10.1. The average Bonchev–Trinajstić information content (AvgIpc) is 2.39. The van der Waals surface area contributed by atoms with Crippen LogP contribution in [0.5, 0.6) is 0 Å². The summed E-state index contributed by atoms with van der Waals surface area (Å²) in [4.78, 5) is 23.5. The molecule has 0 unspecified atom stereocenters. The molecule has 1 aromatic carbocycles. The fourth-order valence-corrected chi connectivity index (χ4v) is 1.99. The molecule has 0 bridgehead atoms. The van der Waals surface area contributed by atoms with Gasteiger partial charge in [-0.1, -0.05) is 35.8 Å². The summed E-state index contributed by atoms with van der Waals surface area (Å²) in [5, 5.41) is 5.58. The number of hydrogen-bond acceptors (Lipinski definition) is 2. The summed E-state index contributed by atoms with van der Waals surface area (Å²) in [5.41, 5.74) is 1.54. The minimum Gasteiger partial charge on any atom is -0.356 e. The number of carbonyl (C=O) groups excluding carboxylic acids is 2. The number of hydrogen-bond donors (Lipinski definition) is 2. The van der Waals surface area contributed by atoms with Crippen molar-refractivity contribution in [2.75, 3.05) is 13.1 Å². The first-order chi connectivity index (χ1) is 9.40. The van der Waals surface area contributed by atoms with Crippen LogP contribution in [0.2, 0.25) is 0 Å². The molecule has 0 aromatic heterocycles.